The third-order valence-electron chi connectivity index (χ3n) is 3.87. The Kier molecular flexibility index (Phi) is 4.67. The first-order valence-electron chi connectivity index (χ1n) is 7.77. The third kappa shape index (κ3) is 3.66. The molecule has 9 heteroatoms. The van der Waals surface area contributed by atoms with Crippen LogP contribution < -0.4 is 5.32 Å². The first kappa shape index (κ1) is 17.8. The number of non-ortho nitro benzene ring substituents is 1. The molecule has 1 aromatic heterocycles. The molecule has 1 amide bonds. The van der Waals surface area contributed by atoms with Crippen LogP contribution in [-0.4, -0.2) is 15.8 Å². The Hall–Kier alpha value is -4.01. The number of nitrogens with zero attached hydrogens (tertiary/aromatic N) is 2. The van der Waals surface area contributed by atoms with Crippen LogP contribution in [0.5, 0.6) is 0 Å². The van der Waals surface area contributed by atoms with E-state index in [1.54, 1.807) is 13.0 Å². The SMILES string of the molecule is Cc1cc([N+](=O)[O-])ccc1NC(=O)c1ccc(-c2ccccc2[N+](=O)[O-])o1. The first-order chi connectivity index (χ1) is 12.9. The standard InChI is InChI=1S/C18H13N3O6/c1-11-10-12(20(23)24)6-7-14(11)19-18(22)17-9-8-16(27-17)13-4-2-3-5-15(13)21(25)26/h2-10H,1H3,(H,19,22). The summed E-state index contributed by atoms with van der Waals surface area (Å²) in [6.07, 6.45) is 0. The number of hydrogen-bond acceptors (Lipinski definition) is 6. The van der Waals surface area contributed by atoms with Gasteiger partial charge in [-0.3, -0.25) is 25.0 Å². The van der Waals surface area contributed by atoms with E-state index >= 15 is 0 Å². The average Bonchev–Trinajstić information content (AvgIpc) is 3.13. The molecule has 0 aliphatic rings. The lowest BCUT2D eigenvalue weighted by Gasteiger charge is -2.06. The van der Waals surface area contributed by atoms with Crippen molar-refractivity contribution < 1.29 is 19.1 Å². The summed E-state index contributed by atoms with van der Waals surface area (Å²) < 4.78 is 5.47. The first-order valence-corrected chi connectivity index (χ1v) is 7.77. The van der Waals surface area contributed by atoms with Crippen molar-refractivity contribution in [2.24, 2.45) is 0 Å². The van der Waals surface area contributed by atoms with Gasteiger partial charge in [-0.1, -0.05) is 12.1 Å². The molecule has 0 spiro atoms. The predicted molar refractivity (Wildman–Crippen MR) is 96.6 cm³/mol. The number of benzene rings is 2. The number of carbonyl (C=O) groups is 1. The van der Waals surface area contributed by atoms with Gasteiger partial charge in [0.1, 0.15) is 5.76 Å². The lowest BCUT2D eigenvalue weighted by molar-refractivity contribution is -0.384. The Morgan fingerprint density at radius 1 is 1.00 bits per heavy atom. The Bertz CT molecular complexity index is 1060. The summed E-state index contributed by atoms with van der Waals surface area (Å²) in [5, 5.41) is 24.5. The lowest BCUT2D eigenvalue weighted by Crippen LogP contribution is -2.11. The number of amides is 1. The summed E-state index contributed by atoms with van der Waals surface area (Å²) in [4.78, 5) is 33.2. The van der Waals surface area contributed by atoms with E-state index in [4.69, 9.17) is 4.42 Å². The number of hydrogen-bond donors (Lipinski definition) is 1. The van der Waals surface area contributed by atoms with Gasteiger partial charge in [0, 0.05) is 23.9 Å². The molecule has 0 radical (unpaired) electrons. The van der Waals surface area contributed by atoms with Gasteiger partial charge in [-0.15, -0.1) is 0 Å². The monoisotopic (exact) mass is 367 g/mol. The van der Waals surface area contributed by atoms with Crippen molar-refractivity contribution in [3.63, 3.8) is 0 Å². The molecule has 0 saturated carbocycles. The maximum Gasteiger partial charge on any atom is 0.291 e. The highest BCUT2D eigenvalue weighted by Crippen LogP contribution is 2.31. The summed E-state index contributed by atoms with van der Waals surface area (Å²) in [5.41, 5.74) is 0.956. The van der Waals surface area contributed by atoms with E-state index in [1.165, 1.54) is 48.5 Å². The Morgan fingerprint density at radius 3 is 2.41 bits per heavy atom. The third-order valence-corrected chi connectivity index (χ3v) is 3.87. The van der Waals surface area contributed by atoms with Crippen LogP contribution in [0.3, 0.4) is 0 Å². The van der Waals surface area contributed by atoms with Crippen molar-refractivity contribution in [1.82, 2.24) is 0 Å². The van der Waals surface area contributed by atoms with E-state index in [2.05, 4.69) is 5.32 Å². The van der Waals surface area contributed by atoms with Crippen LogP contribution in [0.2, 0.25) is 0 Å². The maximum absolute atomic E-state index is 12.4. The molecule has 9 nitrogen and oxygen atoms in total. The second kappa shape index (κ2) is 7.08. The van der Waals surface area contributed by atoms with Crippen LogP contribution in [-0.2, 0) is 0 Å². The molecule has 0 unspecified atom stereocenters. The van der Waals surface area contributed by atoms with Gasteiger partial charge in [-0.2, -0.15) is 0 Å². The number of para-hydroxylation sites is 1. The van der Waals surface area contributed by atoms with Crippen molar-refractivity contribution >= 4 is 23.0 Å². The quantitative estimate of drug-likeness (QED) is 0.528. The van der Waals surface area contributed by atoms with Gasteiger partial charge in [-0.05, 0) is 36.8 Å². The van der Waals surface area contributed by atoms with Gasteiger partial charge < -0.3 is 9.73 Å². The van der Waals surface area contributed by atoms with E-state index < -0.39 is 15.8 Å². The summed E-state index contributed by atoms with van der Waals surface area (Å²) in [5.74, 6) is -0.425. The molecular formula is C18H13N3O6. The molecule has 136 valence electrons. The van der Waals surface area contributed by atoms with E-state index in [0.29, 0.717) is 11.3 Å². The maximum atomic E-state index is 12.4. The highest BCUT2D eigenvalue weighted by Gasteiger charge is 2.20. The molecule has 3 rings (SSSR count). The van der Waals surface area contributed by atoms with Crippen molar-refractivity contribution in [1.29, 1.82) is 0 Å². The van der Waals surface area contributed by atoms with Crippen molar-refractivity contribution in [2.75, 3.05) is 5.32 Å². The van der Waals surface area contributed by atoms with Gasteiger partial charge in [0.2, 0.25) is 0 Å². The zero-order chi connectivity index (χ0) is 19.6. The molecule has 1 heterocycles. The molecule has 0 bridgehead atoms. The van der Waals surface area contributed by atoms with Crippen LogP contribution in [0.15, 0.2) is 59.0 Å². The second-order valence-electron chi connectivity index (χ2n) is 5.65. The zero-order valence-corrected chi connectivity index (χ0v) is 14.0. The van der Waals surface area contributed by atoms with Gasteiger partial charge >= 0.3 is 0 Å². The van der Waals surface area contributed by atoms with E-state index in [1.807, 2.05) is 0 Å². The Morgan fingerprint density at radius 2 is 1.74 bits per heavy atom. The van der Waals surface area contributed by atoms with E-state index in [9.17, 15) is 25.0 Å². The average molecular weight is 367 g/mol. The molecule has 0 atom stereocenters. The molecule has 2 aromatic carbocycles. The van der Waals surface area contributed by atoms with E-state index in [-0.39, 0.29) is 28.5 Å². The summed E-state index contributed by atoms with van der Waals surface area (Å²) in [6.45, 7) is 1.63. The number of nitrogens with one attached hydrogen (secondary N) is 1. The topological polar surface area (TPSA) is 129 Å². The van der Waals surface area contributed by atoms with Gasteiger partial charge in [0.15, 0.2) is 5.76 Å². The van der Waals surface area contributed by atoms with Crippen molar-refractivity contribution in [2.45, 2.75) is 6.92 Å². The van der Waals surface area contributed by atoms with Crippen LogP contribution in [0.25, 0.3) is 11.3 Å². The zero-order valence-electron chi connectivity index (χ0n) is 14.0. The molecule has 3 aromatic rings. The van der Waals surface area contributed by atoms with Gasteiger partial charge in [0.25, 0.3) is 17.3 Å². The number of aryl methyl sites for hydroxylation is 1. The normalized spacial score (nSPS) is 10.4. The summed E-state index contributed by atoms with van der Waals surface area (Å²) in [7, 11) is 0. The number of furan rings is 1. The van der Waals surface area contributed by atoms with Crippen LogP contribution in [0, 0.1) is 27.2 Å². The predicted octanol–water partition coefficient (Wildman–Crippen LogP) is 4.32. The number of nitro benzene ring substituents is 2. The molecule has 0 aliphatic carbocycles. The Balaban J connectivity index is 1.84. The molecule has 1 N–H and O–H groups in total. The largest absolute Gasteiger partial charge is 0.451 e. The number of nitro groups is 2. The molecule has 0 aliphatic heterocycles. The summed E-state index contributed by atoms with van der Waals surface area (Å²) >= 11 is 0. The van der Waals surface area contributed by atoms with Crippen molar-refractivity contribution in [3.05, 3.63) is 86.1 Å². The van der Waals surface area contributed by atoms with Crippen LogP contribution in [0.1, 0.15) is 16.1 Å². The highest BCUT2D eigenvalue weighted by atomic mass is 16.6. The van der Waals surface area contributed by atoms with E-state index in [0.717, 1.165) is 0 Å². The molecule has 0 saturated heterocycles. The fraction of sp³-hybridized carbons (Fsp3) is 0.0556. The van der Waals surface area contributed by atoms with Crippen molar-refractivity contribution in [3.8, 4) is 11.3 Å². The lowest BCUT2D eigenvalue weighted by atomic mass is 10.1. The number of anilines is 1. The fourth-order valence-corrected chi connectivity index (χ4v) is 2.53. The Labute approximate surface area is 152 Å². The van der Waals surface area contributed by atoms with Crippen LogP contribution in [0.4, 0.5) is 17.1 Å². The highest BCUT2D eigenvalue weighted by molar-refractivity contribution is 6.03. The summed E-state index contributed by atoms with van der Waals surface area (Å²) in [6, 6.07) is 13.0. The van der Waals surface area contributed by atoms with Gasteiger partial charge in [-0.25, -0.2) is 0 Å². The fourth-order valence-electron chi connectivity index (χ4n) is 2.53. The molecule has 27 heavy (non-hydrogen) atoms. The number of carbonyl (C=O) groups excluding carboxylic acids is 1. The molecule has 0 fully saturated rings. The minimum Gasteiger partial charge on any atom is -0.451 e. The molecular weight excluding hydrogens is 354 g/mol. The van der Waals surface area contributed by atoms with Crippen LogP contribution >= 0.6 is 0 Å². The smallest absolute Gasteiger partial charge is 0.291 e. The second-order valence-corrected chi connectivity index (χ2v) is 5.65. The minimum atomic E-state index is -0.572. The van der Waals surface area contributed by atoms with Gasteiger partial charge in [0.05, 0.1) is 15.4 Å². The minimum absolute atomic E-state index is 0.0408. The number of rotatable bonds is 5.